The number of nitrogen functional groups attached to an aromatic ring is 1. The molecule has 2 aromatic heterocycles. The fraction of sp³-hybridized carbons (Fsp3) is 0.520. The summed E-state index contributed by atoms with van der Waals surface area (Å²) in [6.45, 7) is 9.35. The Labute approximate surface area is 213 Å². The number of fused-ring (bicyclic) bond motifs is 1. The lowest BCUT2D eigenvalue weighted by Crippen LogP contribution is -2.41. The highest BCUT2D eigenvalue weighted by Gasteiger charge is 2.32. The number of nitrogens with one attached hydrogen (secondary N) is 1. The van der Waals surface area contributed by atoms with Crippen molar-refractivity contribution < 1.29 is 23.3 Å². The van der Waals surface area contributed by atoms with Crippen LogP contribution in [0.2, 0.25) is 0 Å². The fourth-order valence-corrected chi connectivity index (χ4v) is 5.42. The lowest BCUT2D eigenvalue weighted by atomic mass is 10.3. The second-order valence-electron chi connectivity index (χ2n) is 8.68. The standard InChI is InChI=1S/C25H38N5O5P/c1-5-14-32-25(33-15-6-2)20(4)29-36(31,35-21-10-8-7-9-11-21)18-34-19(3)16-30-17-28-23-22(26)12-13-27-24(23)30/h7-13,17,19-20,25H,5-6,14-16,18H2,1-4H3,(H2,26,27)(H,29,31)/t19-,20+,36+/m1/s1. The van der Waals surface area contributed by atoms with Crippen molar-refractivity contribution in [3.05, 3.63) is 48.9 Å². The smallest absolute Gasteiger partial charge is 0.342 e. The fourth-order valence-electron chi connectivity index (χ4n) is 3.59. The van der Waals surface area contributed by atoms with Gasteiger partial charge in [0.05, 0.1) is 30.7 Å². The molecule has 3 atom stereocenters. The number of hydrogen-bond donors (Lipinski definition) is 2. The van der Waals surface area contributed by atoms with Crippen molar-refractivity contribution in [2.45, 2.75) is 65.5 Å². The molecule has 0 aliphatic carbocycles. The molecule has 0 amide bonds. The first kappa shape index (κ1) is 28.1. The number of ether oxygens (including phenoxy) is 3. The van der Waals surface area contributed by atoms with Crippen molar-refractivity contribution >= 4 is 24.4 Å². The number of rotatable bonds is 16. The van der Waals surface area contributed by atoms with Gasteiger partial charge >= 0.3 is 7.52 Å². The van der Waals surface area contributed by atoms with E-state index in [1.54, 1.807) is 30.7 Å². The predicted octanol–water partition coefficient (Wildman–Crippen LogP) is 4.81. The summed E-state index contributed by atoms with van der Waals surface area (Å²) in [5.41, 5.74) is 7.87. The van der Waals surface area contributed by atoms with Crippen molar-refractivity contribution in [2.75, 3.05) is 25.3 Å². The number of benzene rings is 1. The summed E-state index contributed by atoms with van der Waals surface area (Å²) in [5, 5.41) is 3.12. The van der Waals surface area contributed by atoms with Crippen molar-refractivity contribution in [1.29, 1.82) is 0 Å². The molecule has 1 aromatic carbocycles. The van der Waals surface area contributed by atoms with Gasteiger partial charge in [0, 0.05) is 19.4 Å². The Hall–Kier alpha value is -2.49. The monoisotopic (exact) mass is 519 g/mol. The number of hydrogen-bond acceptors (Lipinski definition) is 8. The highest BCUT2D eigenvalue weighted by atomic mass is 31.2. The summed E-state index contributed by atoms with van der Waals surface area (Å²) in [4.78, 5) is 8.72. The minimum absolute atomic E-state index is 0.149. The summed E-state index contributed by atoms with van der Waals surface area (Å²) in [6, 6.07) is 10.4. The van der Waals surface area contributed by atoms with Crippen LogP contribution < -0.4 is 15.3 Å². The van der Waals surface area contributed by atoms with Gasteiger partial charge in [-0.25, -0.2) is 15.1 Å². The number of nitrogens with zero attached hydrogens (tertiary/aromatic N) is 3. The van der Waals surface area contributed by atoms with Crippen LogP contribution in [0, 0.1) is 0 Å². The molecule has 0 aliphatic heterocycles. The second-order valence-corrected chi connectivity index (χ2v) is 10.7. The van der Waals surface area contributed by atoms with Crippen LogP contribution in [0.5, 0.6) is 5.75 Å². The van der Waals surface area contributed by atoms with Gasteiger partial charge in [-0.15, -0.1) is 0 Å². The van der Waals surface area contributed by atoms with Crippen molar-refractivity contribution in [2.24, 2.45) is 0 Å². The molecular weight excluding hydrogens is 481 g/mol. The zero-order valence-electron chi connectivity index (χ0n) is 21.5. The normalized spacial score (nSPS) is 15.1. The Morgan fingerprint density at radius 2 is 1.72 bits per heavy atom. The van der Waals surface area contributed by atoms with Crippen LogP contribution in [0.3, 0.4) is 0 Å². The Kier molecular flexibility index (Phi) is 10.7. The van der Waals surface area contributed by atoms with Gasteiger partial charge in [-0.3, -0.25) is 4.57 Å². The van der Waals surface area contributed by atoms with Crippen LogP contribution in [0.1, 0.15) is 40.5 Å². The molecule has 0 bridgehead atoms. The number of imidazole rings is 1. The van der Waals surface area contributed by atoms with Gasteiger partial charge in [-0.2, -0.15) is 0 Å². The van der Waals surface area contributed by atoms with Gasteiger partial charge in [-0.05, 0) is 44.9 Å². The Balaban J connectivity index is 1.70. The van der Waals surface area contributed by atoms with E-state index in [-0.39, 0.29) is 12.5 Å². The van der Waals surface area contributed by atoms with Gasteiger partial charge in [0.1, 0.15) is 17.6 Å². The Morgan fingerprint density at radius 1 is 1.03 bits per heavy atom. The molecular formula is C25H38N5O5P. The number of nitrogens with two attached hydrogens (primary N) is 1. The number of anilines is 1. The maximum atomic E-state index is 14.0. The van der Waals surface area contributed by atoms with Gasteiger partial charge in [-0.1, -0.05) is 32.0 Å². The highest BCUT2D eigenvalue weighted by molar-refractivity contribution is 7.57. The van der Waals surface area contributed by atoms with Crippen molar-refractivity contribution in [1.82, 2.24) is 19.6 Å². The van der Waals surface area contributed by atoms with E-state index in [0.29, 0.717) is 42.4 Å². The molecule has 10 nitrogen and oxygen atoms in total. The summed E-state index contributed by atoms with van der Waals surface area (Å²) < 4.78 is 39.6. The minimum Gasteiger partial charge on any atom is -0.431 e. The number of para-hydroxylation sites is 1. The highest BCUT2D eigenvalue weighted by Crippen LogP contribution is 2.44. The van der Waals surface area contributed by atoms with Crippen LogP contribution in [0.4, 0.5) is 5.69 Å². The van der Waals surface area contributed by atoms with Gasteiger partial charge < -0.3 is 29.0 Å². The first-order valence-corrected chi connectivity index (χ1v) is 14.2. The topological polar surface area (TPSA) is 123 Å². The van der Waals surface area contributed by atoms with Gasteiger partial charge in [0.15, 0.2) is 11.9 Å². The number of pyridine rings is 1. The molecule has 0 saturated heterocycles. The summed E-state index contributed by atoms with van der Waals surface area (Å²) in [5.74, 6) is 0.484. The van der Waals surface area contributed by atoms with E-state index >= 15 is 0 Å². The second kappa shape index (κ2) is 13.7. The molecule has 0 radical (unpaired) electrons. The third-order valence-corrected chi connectivity index (χ3v) is 7.09. The lowest BCUT2D eigenvalue weighted by molar-refractivity contribution is -0.154. The van der Waals surface area contributed by atoms with Crippen molar-refractivity contribution in [3.63, 3.8) is 0 Å². The number of aromatic nitrogens is 3. The maximum Gasteiger partial charge on any atom is 0.342 e. The third-order valence-electron chi connectivity index (χ3n) is 5.29. The van der Waals surface area contributed by atoms with Crippen LogP contribution in [-0.4, -0.2) is 52.5 Å². The lowest BCUT2D eigenvalue weighted by Gasteiger charge is -2.30. The largest absolute Gasteiger partial charge is 0.431 e. The van der Waals surface area contributed by atoms with Crippen LogP contribution in [0.15, 0.2) is 48.9 Å². The molecule has 3 N–H and O–H groups in total. The van der Waals surface area contributed by atoms with E-state index in [4.69, 9.17) is 24.5 Å². The van der Waals surface area contributed by atoms with E-state index in [0.717, 1.165) is 12.8 Å². The van der Waals surface area contributed by atoms with Crippen LogP contribution in [0.25, 0.3) is 11.2 Å². The average molecular weight is 520 g/mol. The van der Waals surface area contributed by atoms with Crippen molar-refractivity contribution in [3.8, 4) is 5.75 Å². The Morgan fingerprint density at radius 3 is 2.39 bits per heavy atom. The molecule has 0 spiro atoms. The molecule has 0 unspecified atom stereocenters. The van der Waals surface area contributed by atoms with E-state index < -0.39 is 19.9 Å². The van der Waals surface area contributed by atoms with E-state index in [1.807, 2.05) is 50.5 Å². The zero-order chi connectivity index (χ0) is 26.0. The van der Waals surface area contributed by atoms with E-state index in [1.165, 1.54) is 0 Å². The van der Waals surface area contributed by atoms with Gasteiger partial charge in [0.2, 0.25) is 0 Å². The summed E-state index contributed by atoms with van der Waals surface area (Å²) >= 11 is 0. The molecule has 198 valence electrons. The summed E-state index contributed by atoms with van der Waals surface area (Å²) in [6.07, 6.45) is 4.00. The van der Waals surface area contributed by atoms with E-state index in [9.17, 15) is 4.57 Å². The predicted molar refractivity (Wildman–Crippen MR) is 141 cm³/mol. The molecule has 0 aliphatic rings. The maximum absolute atomic E-state index is 14.0. The quantitative estimate of drug-likeness (QED) is 0.203. The molecule has 11 heteroatoms. The first-order chi connectivity index (χ1) is 17.3. The molecule has 36 heavy (non-hydrogen) atoms. The van der Waals surface area contributed by atoms with Gasteiger partial charge in [0.25, 0.3) is 0 Å². The molecule has 2 heterocycles. The zero-order valence-corrected chi connectivity index (χ0v) is 22.4. The SMILES string of the molecule is CCCOC(OCCC)[C@H](C)N[P@](=O)(CO[C@H](C)Cn1cnc2c(N)ccnc21)Oc1ccccc1. The molecule has 0 saturated carbocycles. The average Bonchev–Trinajstić information content (AvgIpc) is 3.27. The third kappa shape index (κ3) is 8.01. The van der Waals surface area contributed by atoms with Crippen LogP contribution in [-0.2, 0) is 25.3 Å². The first-order valence-electron chi connectivity index (χ1n) is 12.4. The van der Waals surface area contributed by atoms with Crippen LogP contribution >= 0.6 is 7.52 Å². The Bertz CT molecular complexity index is 1100. The molecule has 0 fully saturated rings. The summed E-state index contributed by atoms with van der Waals surface area (Å²) in [7, 11) is -3.51. The molecule has 3 aromatic rings. The minimum atomic E-state index is -3.51. The molecule has 3 rings (SSSR count). The van der Waals surface area contributed by atoms with E-state index in [2.05, 4.69) is 15.1 Å².